The van der Waals surface area contributed by atoms with Gasteiger partial charge >= 0.3 is 5.97 Å². The third-order valence-corrected chi connectivity index (χ3v) is 9.53. The zero-order valence-corrected chi connectivity index (χ0v) is 30.2. The molecule has 53 heavy (non-hydrogen) atoms. The largest absolute Gasteiger partial charge is 0.461 e. The molecule has 5 aromatic carbocycles. The van der Waals surface area contributed by atoms with E-state index in [9.17, 15) is 4.79 Å². The topological polar surface area (TPSA) is 104 Å². The zero-order chi connectivity index (χ0) is 36.6. The lowest BCUT2D eigenvalue weighted by Gasteiger charge is -2.36. The predicted molar refractivity (Wildman–Crippen MR) is 206 cm³/mol. The normalized spacial score (nSPS) is 11.4. The lowest BCUT2D eigenvalue weighted by molar-refractivity contribution is 0.0514. The first kappa shape index (κ1) is 35.0. The summed E-state index contributed by atoms with van der Waals surface area (Å²) in [5, 5.41) is 22.4. The Morgan fingerprint density at radius 1 is 0.698 bits per heavy atom. The number of aryl methyl sites for hydroxylation is 1. The molecule has 2 heterocycles. The maximum atomic E-state index is 12.9. The van der Waals surface area contributed by atoms with Crippen LogP contribution in [-0.4, -0.2) is 54.3 Å². The maximum absolute atomic E-state index is 12.9. The summed E-state index contributed by atoms with van der Waals surface area (Å²) in [7, 11) is 1.72. The van der Waals surface area contributed by atoms with E-state index in [1.165, 1.54) is 4.68 Å². The molecular weight excluding hydrogens is 661 g/mol. The molecule has 0 fully saturated rings. The molecule has 0 aliphatic carbocycles. The van der Waals surface area contributed by atoms with Crippen LogP contribution in [0, 0.1) is 0 Å². The third-order valence-electron chi connectivity index (χ3n) is 9.53. The summed E-state index contributed by atoms with van der Waals surface area (Å²) in [6, 6.07) is 48.0. The number of unbranched alkanes of at least 4 members (excludes halogenated alkanes) is 1. The summed E-state index contributed by atoms with van der Waals surface area (Å²) in [6.07, 6.45) is 1.94. The summed E-state index contributed by atoms with van der Waals surface area (Å²) in [4.78, 5) is 15.0. The molecule has 7 aromatic rings. The van der Waals surface area contributed by atoms with Crippen molar-refractivity contribution in [2.75, 3.05) is 18.1 Å². The van der Waals surface area contributed by atoms with E-state index in [4.69, 9.17) is 15.0 Å². The standard InChI is InChI=1S/C43H42N8O2/c1-4-6-30-50(41-39(42(52)53-5-2)49(3)47-45-41)31-32-26-28-33(29-27-32)37-24-16-17-25-38(37)40-44-46-48-51(40)43(34-18-10-7-11-19-34,35-20-12-8-13-21-35)36-22-14-9-15-23-36/h7-29H,4-6,30-31H2,1-3H3. The van der Waals surface area contributed by atoms with Crippen molar-refractivity contribution in [3.05, 3.63) is 167 Å². The van der Waals surface area contributed by atoms with Crippen LogP contribution in [0.25, 0.3) is 22.5 Å². The molecule has 0 aliphatic rings. The molecule has 7 rings (SSSR count). The minimum absolute atomic E-state index is 0.277. The van der Waals surface area contributed by atoms with Gasteiger partial charge in [0.05, 0.1) is 6.61 Å². The van der Waals surface area contributed by atoms with Gasteiger partial charge in [-0.15, -0.1) is 10.2 Å². The number of esters is 1. The number of carbonyl (C=O) groups is 1. The van der Waals surface area contributed by atoms with Crippen molar-refractivity contribution < 1.29 is 9.53 Å². The second kappa shape index (κ2) is 15.9. The van der Waals surface area contributed by atoms with Crippen LogP contribution >= 0.6 is 0 Å². The highest BCUT2D eigenvalue weighted by Gasteiger charge is 2.42. The van der Waals surface area contributed by atoms with Crippen LogP contribution in [-0.2, 0) is 23.9 Å². The molecule has 0 unspecified atom stereocenters. The van der Waals surface area contributed by atoms with Gasteiger partial charge in [-0.1, -0.05) is 158 Å². The first-order chi connectivity index (χ1) is 26.1. The molecule has 0 spiro atoms. The molecule has 10 nitrogen and oxygen atoms in total. The Bertz CT molecular complexity index is 2150. The first-order valence-electron chi connectivity index (χ1n) is 18.0. The fraction of sp³-hybridized carbons (Fsp3) is 0.209. The zero-order valence-electron chi connectivity index (χ0n) is 30.2. The second-order valence-corrected chi connectivity index (χ2v) is 12.8. The molecule has 0 amide bonds. The average molecular weight is 703 g/mol. The van der Waals surface area contributed by atoms with Crippen molar-refractivity contribution in [1.82, 2.24) is 35.2 Å². The number of carbonyl (C=O) groups excluding carboxylic acids is 1. The minimum Gasteiger partial charge on any atom is -0.461 e. The van der Waals surface area contributed by atoms with E-state index < -0.39 is 11.5 Å². The van der Waals surface area contributed by atoms with Crippen LogP contribution in [0.15, 0.2) is 140 Å². The molecule has 0 aliphatic heterocycles. The third kappa shape index (κ3) is 6.83. The van der Waals surface area contributed by atoms with Gasteiger partial charge in [-0.3, -0.25) is 0 Å². The highest BCUT2D eigenvalue weighted by Crippen LogP contribution is 2.43. The molecule has 0 saturated heterocycles. The van der Waals surface area contributed by atoms with Crippen LogP contribution in [0.1, 0.15) is 59.4 Å². The number of aromatic nitrogens is 7. The van der Waals surface area contributed by atoms with E-state index in [1.54, 1.807) is 14.0 Å². The number of hydrogen-bond acceptors (Lipinski definition) is 8. The highest BCUT2D eigenvalue weighted by atomic mass is 16.5. The quantitative estimate of drug-likeness (QED) is 0.0831. The van der Waals surface area contributed by atoms with Crippen molar-refractivity contribution in [1.29, 1.82) is 0 Å². The van der Waals surface area contributed by atoms with Crippen LogP contribution in [0.4, 0.5) is 5.82 Å². The molecule has 2 aromatic heterocycles. The van der Waals surface area contributed by atoms with E-state index >= 15 is 0 Å². The number of anilines is 1. The molecule has 10 heteroatoms. The van der Waals surface area contributed by atoms with E-state index in [0.717, 1.165) is 58.3 Å². The molecule has 0 saturated carbocycles. The number of rotatable bonds is 14. The molecule has 0 radical (unpaired) electrons. The Hall–Kier alpha value is -6.42. The van der Waals surface area contributed by atoms with Gasteiger partial charge in [-0.2, -0.15) is 0 Å². The summed E-state index contributed by atoms with van der Waals surface area (Å²) >= 11 is 0. The van der Waals surface area contributed by atoms with Gasteiger partial charge < -0.3 is 9.64 Å². The van der Waals surface area contributed by atoms with Gasteiger partial charge in [0, 0.05) is 25.7 Å². The Labute approximate surface area is 309 Å². The van der Waals surface area contributed by atoms with Crippen LogP contribution in [0.2, 0.25) is 0 Å². The van der Waals surface area contributed by atoms with E-state index in [2.05, 4.69) is 137 Å². The minimum atomic E-state index is -0.871. The second-order valence-electron chi connectivity index (χ2n) is 12.8. The van der Waals surface area contributed by atoms with Crippen molar-refractivity contribution in [3.8, 4) is 22.5 Å². The SMILES string of the molecule is CCCCN(Cc1ccc(-c2ccccc2-c2nnnn2C(c2ccccc2)(c2ccccc2)c2ccccc2)cc1)c1nnn(C)c1C(=O)OCC. The van der Waals surface area contributed by atoms with Crippen LogP contribution < -0.4 is 4.90 Å². The lowest BCUT2D eigenvalue weighted by Crippen LogP contribution is -2.39. The smallest absolute Gasteiger partial charge is 0.360 e. The summed E-state index contributed by atoms with van der Waals surface area (Å²) in [5.74, 6) is 0.738. The lowest BCUT2D eigenvalue weighted by atomic mass is 9.77. The van der Waals surface area contributed by atoms with Gasteiger partial charge in [0.1, 0.15) is 5.54 Å². The van der Waals surface area contributed by atoms with Crippen LogP contribution in [0.3, 0.4) is 0 Å². The molecule has 0 bridgehead atoms. The number of hydrogen-bond donors (Lipinski definition) is 0. The van der Waals surface area contributed by atoms with Gasteiger partial charge in [-0.25, -0.2) is 14.2 Å². The van der Waals surface area contributed by atoms with E-state index in [1.807, 2.05) is 35.0 Å². The summed E-state index contributed by atoms with van der Waals surface area (Å²) in [5.41, 5.74) is 6.59. The Kier molecular flexibility index (Phi) is 10.5. The van der Waals surface area contributed by atoms with Crippen molar-refractivity contribution >= 4 is 11.8 Å². The van der Waals surface area contributed by atoms with E-state index in [-0.39, 0.29) is 6.61 Å². The van der Waals surface area contributed by atoms with Crippen molar-refractivity contribution in [3.63, 3.8) is 0 Å². The van der Waals surface area contributed by atoms with Gasteiger partial charge in [0.2, 0.25) is 0 Å². The number of ether oxygens (including phenoxy) is 1. The van der Waals surface area contributed by atoms with Crippen molar-refractivity contribution in [2.24, 2.45) is 7.05 Å². The van der Waals surface area contributed by atoms with Gasteiger partial charge in [0.25, 0.3) is 0 Å². The number of benzene rings is 5. The summed E-state index contributed by atoms with van der Waals surface area (Å²) < 4.78 is 8.80. The first-order valence-corrected chi connectivity index (χ1v) is 18.0. The Morgan fingerprint density at radius 3 is 1.83 bits per heavy atom. The number of nitrogens with zero attached hydrogens (tertiary/aromatic N) is 8. The molecule has 0 atom stereocenters. The maximum Gasteiger partial charge on any atom is 0.360 e. The monoisotopic (exact) mass is 702 g/mol. The van der Waals surface area contributed by atoms with Crippen LogP contribution in [0.5, 0.6) is 0 Å². The molecule has 266 valence electrons. The fourth-order valence-corrected chi connectivity index (χ4v) is 7.02. The Balaban J connectivity index is 1.29. The average Bonchev–Trinajstić information content (AvgIpc) is 3.86. The molecule has 0 N–H and O–H groups in total. The number of tetrazole rings is 1. The predicted octanol–water partition coefficient (Wildman–Crippen LogP) is 7.96. The molecular formula is C43H42N8O2. The van der Waals surface area contributed by atoms with Gasteiger partial charge in [-0.05, 0) is 57.2 Å². The summed E-state index contributed by atoms with van der Waals surface area (Å²) in [6.45, 7) is 5.50. The highest BCUT2D eigenvalue weighted by molar-refractivity contribution is 5.93. The fourth-order valence-electron chi connectivity index (χ4n) is 7.02. The Morgan fingerprint density at radius 2 is 1.26 bits per heavy atom. The van der Waals surface area contributed by atoms with Gasteiger partial charge in [0.15, 0.2) is 17.3 Å². The van der Waals surface area contributed by atoms with E-state index in [0.29, 0.717) is 23.9 Å². The van der Waals surface area contributed by atoms with Crippen molar-refractivity contribution in [2.45, 2.75) is 38.8 Å².